The smallest absolute Gasteiger partial charge is 0.269 e. The van der Waals surface area contributed by atoms with Gasteiger partial charge in [0.15, 0.2) is 0 Å². The first-order valence-electron chi connectivity index (χ1n) is 7.64. The van der Waals surface area contributed by atoms with Crippen LogP contribution in [0.4, 0.5) is 11.4 Å². The van der Waals surface area contributed by atoms with Crippen molar-refractivity contribution >= 4 is 45.6 Å². The third-order valence-corrected chi connectivity index (χ3v) is 4.73. The highest BCUT2D eigenvalue weighted by Crippen LogP contribution is 2.14. The lowest BCUT2D eigenvalue weighted by atomic mass is 10.3. The number of non-ortho nitro benzene ring substituents is 1. The fourth-order valence-electron chi connectivity index (χ4n) is 1.86. The molecule has 1 amide bonds. The van der Waals surface area contributed by atoms with E-state index >= 15 is 0 Å². The Morgan fingerprint density at radius 1 is 1.25 bits per heavy atom. The number of rotatable bonds is 9. The van der Waals surface area contributed by atoms with Gasteiger partial charge in [0.2, 0.25) is 5.91 Å². The number of benzene rings is 1. The summed E-state index contributed by atoms with van der Waals surface area (Å²) in [6, 6.07) is 6.15. The van der Waals surface area contributed by atoms with E-state index in [0.717, 1.165) is 23.1 Å². The van der Waals surface area contributed by atoms with Crippen molar-refractivity contribution in [3.05, 3.63) is 34.4 Å². The molecular weight excluding hydrogens is 348 g/mol. The van der Waals surface area contributed by atoms with Crippen molar-refractivity contribution in [2.75, 3.05) is 37.2 Å². The van der Waals surface area contributed by atoms with Crippen LogP contribution in [0.3, 0.4) is 0 Å². The molecule has 2 N–H and O–H groups in total. The molecule has 24 heavy (non-hydrogen) atoms. The van der Waals surface area contributed by atoms with Crippen molar-refractivity contribution in [3.63, 3.8) is 0 Å². The summed E-state index contributed by atoms with van der Waals surface area (Å²) in [6.45, 7) is 6.73. The Kier molecular flexibility index (Phi) is 9.10. The van der Waals surface area contributed by atoms with Crippen molar-refractivity contribution in [1.29, 1.82) is 0 Å². The minimum absolute atomic E-state index is 0.0510. The molecule has 0 bridgehead atoms. The van der Waals surface area contributed by atoms with Crippen LogP contribution in [0.15, 0.2) is 24.3 Å². The Hall–Kier alpha value is -1.87. The van der Waals surface area contributed by atoms with Gasteiger partial charge in [-0.3, -0.25) is 14.9 Å². The second-order valence-corrected chi connectivity index (χ2v) is 6.42. The lowest BCUT2D eigenvalue weighted by Crippen LogP contribution is -2.32. The fraction of sp³-hybridized carbons (Fsp3) is 0.467. The van der Waals surface area contributed by atoms with Crippen molar-refractivity contribution in [2.45, 2.75) is 13.8 Å². The van der Waals surface area contributed by atoms with E-state index in [1.54, 1.807) is 12.1 Å². The van der Waals surface area contributed by atoms with E-state index in [1.807, 2.05) is 18.7 Å². The maximum absolute atomic E-state index is 11.8. The van der Waals surface area contributed by atoms with Gasteiger partial charge in [0.05, 0.1) is 10.7 Å². The molecule has 1 aromatic rings. The summed E-state index contributed by atoms with van der Waals surface area (Å²) in [4.78, 5) is 23.9. The van der Waals surface area contributed by atoms with Crippen molar-refractivity contribution in [1.82, 2.24) is 10.2 Å². The van der Waals surface area contributed by atoms with Crippen molar-refractivity contribution in [3.8, 4) is 0 Å². The number of anilines is 1. The molecule has 0 unspecified atom stereocenters. The topological polar surface area (TPSA) is 87.5 Å². The third kappa shape index (κ3) is 7.14. The lowest BCUT2D eigenvalue weighted by Gasteiger charge is -2.20. The average molecular weight is 371 g/mol. The summed E-state index contributed by atoms with van der Waals surface area (Å²) in [5.74, 6) is 0.229. The zero-order chi connectivity index (χ0) is 17.9. The van der Waals surface area contributed by atoms with Gasteiger partial charge < -0.3 is 15.5 Å². The summed E-state index contributed by atoms with van der Waals surface area (Å²) in [5, 5.41) is 16.5. The number of hydrogen-bond acceptors (Lipinski definition) is 6. The van der Waals surface area contributed by atoms with E-state index in [2.05, 4.69) is 10.6 Å². The number of thiocarbonyl (C=S) groups is 1. The maximum atomic E-state index is 11.8. The van der Waals surface area contributed by atoms with Gasteiger partial charge >= 0.3 is 0 Å². The molecule has 0 atom stereocenters. The van der Waals surface area contributed by atoms with Crippen LogP contribution in [-0.2, 0) is 4.79 Å². The first-order valence-corrected chi connectivity index (χ1v) is 9.04. The average Bonchev–Trinajstić information content (AvgIpc) is 2.58. The molecule has 0 spiro atoms. The number of nitro benzene ring substituents is 1. The van der Waals surface area contributed by atoms with Gasteiger partial charge in [-0.2, -0.15) is 0 Å². The molecule has 0 saturated carbocycles. The number of hydrogen-bond donors (Lipinski definition) is 2. The number of nitrogens with zero attached hydrogens (tertiary/aromatic N) is 2. The SMILES string of the molecule is CCN(CC)C(=S)SCC(=O)NCCNc1ccc([N+](=O)[O-])cc1. The van der Waals surface area contributed by atoms with Crippen LogP contribution in [0.5, 0.6) is 0 Å². The molecule has 0 saturated heterocycles. The Bertz CT molecular complexity index is 562. The summed E-state index contributed by atoms with van der Waals surface area (Å²) >= 11 is 6.63. The zero-order valence-electron chi connectivity index (χ0n) is 13.8. The standard InChI is InChI=1S/C15H22N4O3S2/c1-3-18(4-2)15(23)24-11-14(20)17-10-9-16-12-5-7-13(8-6-12)19(21)22/h5-8,16H,3-4,9-11H2,1-2H3,(H,17,20). The van der Waals surface area contributed by atoms with Gasteiger partial charge in [-0.1, -0.05) is 24.0 Å². The number of carbonyl (C=O) groups excluding carboxylic acids is 1. The number of nitrogens with one attached hydrogen (secondary N) is 2. The molecule has 9 heteroatoms. The molecule has 0 radical (unpaired) electrons. The maximum Gasteiger partial charge on any atom is 0.269 e. The van der Waals surface area contributed by atoms with Crippen LogP contribution in [0.25, 0.3) is 0 Å². The monoisotopic (exact) mass is 370 g/mol. The van der Waals surface area contributed by atoms with Crippen molar-refractivity contribution < 1.29 is 9.72 Å². The summed E-state index contributed by atoms with van der Waals surface area (Å²) in [7, 11) is 0. The van der Waals surface area contributed by atoms with Crippen LogP contribution in [0.1, 0.15) is 13.8 Å². The predicted octanol–water partition coefficient (Wildman–Crippen LogP) is 2.48. The van der Waals surface area contributed by atoms with E-state index in [4.69, 9.17) is 12.2 Å². The van der Waals surface area contributed by atoms with E-state index in [0.29, 0.717) is 18.8 Å². The molecule has 0 fully saturated rings. The van der Waals surface area contributed by atoms with Gasteiger partial charge in [0.1, 0.15) is 4.32 Å². The summed E-state index contributed by atoms with van der Waals surface area (Å²) < 4.78 is 0.735. The molecule has 0 aliphatic heterocycles. The normalized spacial score (nSPS) is 10.1. The Morgan fingerprint density at radius 2 is 1.88 bits per heavy atom. The Balaban J connectivity index is 2.21. The molecule has 1 aromatic carbocycles. The number of nitro groups is 1. The first-order chi connectivity index (χ1) is 11.5. The molecular formula is C15H22N4O3S2. The van der Waals surface area contributed by atoms with Crippen molar-refractivity contribution in [2.24, 2.45) is 0 Å². The molecule has 1 rings (SSSR count). The number of thioether (sulfide) groups is 1. The van der Waals surface area contributed by atoms with Crippen LogP contribution >= 0.6 is 24.0 Å². The second kappa shape index (κ2) is 10.8. The minimum atomic E-state index is -0.440. The highest BCUT2D eigenvalue weighted by molar-refractivity contribution is 8.23. The number of carbonyl (C=O) groups is 1. The largest absolute Gasteiger partial charge is 0.383 e. The lowest BCUT2D eigenvalue weighted by molar-refractivity contribution is -0.384. The van der Waals surface area contributed by atoms with Gasteiger partial charge in [-0.05, 0) is 26.0 Å². The van der Waals surface area contributed by atoms with E-state index < -0.39 is 4.92 Å². The zero-order valence-corrected chi connectivity index (χ0v) is 15.4. The highest BCUT2D eigenvalue weighted by atomic mass is 32.2. The quantitative estimate of drug-likeness (QED) is 0.299. The molecule has 0 aliphatic carbocycles. The van der Waals surface area contributed by atoms with E-state index in [-0.39, 0.29) is 11.6 Å². The molecule has 0 aliphatic rings. The van der Waals surface area contributed by atoms with E-state index in [1.165, 1.54) is 23.9 Å². The van der Waals surface area contributed by atoms with Crippen LogP contribution in [0, 0.1) is 10.1 Å². The number of amides is 1. The predicted molar refractivity (Wildman–Crippen MR) is 103 cm³/mol. The third-order valence-electron chi connectivity index (χ3n) is 3.20. The van der Waals surface area contributed by atoms with Gasteiger partial charge in [0.25, 0.3) is 5.69 Å². The molecule has 7 nitrogen and oxygen atoms in total. The van der Waals surface area contributed by atoms with Crippen LogP contribution in [-0.4, -0.2) is 52.0 Å². The molecule has 0 heterocycles. The van der Waals surface area contributed by atoms with Crippen LogP contribution in [0.2, 0.25) is 0 Å². The van der Waals surface area contributed by atoms with Crippen LogP contribution < -0.4 is 10.6 Å². The van der Waals surface area contributed by atoms with Gasteiger partial charge in [-0.15, -0.1) is 0 Å². The van der Waals surface area contributed by atoms with Gasteiger partial charge in [0, 0.05) is 44.0 Å². The fourth-order valence-corrected chi connectivity index (χ4v) is 3.09. The first kappa shape index (κ1) is 20.2. The van der Waals surface area contributed by atoms with Gasteiger partial charge in [-0.25, -0.2) is 0 Å². The molecule has 0 aromatic heterocycles. The second-order valence-electron chi connectivity index (χ2n) is 4.81. The molecule has 132 valence electrons. The Labute approximate surface area is 151 Å². The van der Waals surface area contributed by atoms with E-state index in [9.17, 15) is 14.9 Å². The minimum Gasteiger partial charge on any atom is -0.383 e. The highest BCUT2D eigenvalue weighted by Gasteiger charge is 2.09. The summed E-state index contributed by atoms with van der Waals surface area (Å²) in [6.07, 6.45) is 0. The Morgan fingerprint density at radius 3 is 2.42 bits per heavy atom. The summed E-state index contributed by atoms with van der Waals surface area (Å²) in [5.41, 5.74) is 0.821.